The molecule has 2 aromatic rings. The summed E-state index contributed by atoms with van der Waals surface area (Å²) in [6.45, 7) is 13.8. The Morgan fingerprint density at radius 2 is 0.635 bits per heavy atom. The number of aliphatic imine (C=N–C) groups is 2. The SMILES string of the molecule is CCCCCCCCCCCCCCCCCCCCC/C=C/C(=Nc1cc(CCCC)cc(CCCC)c1)C(CCCCCCCC)=Nc1cc(CCCC)cc(CCCC)c1. The van der Waals surface area contributed by atoms with Crippen LogP contribution in [0.1, 0.15) is 289 Å². The van der Waals surface area contributed by atoms with Crippen LogP contribution in [0.5, 0.6) is 0 Å². The lowest BCUT2D eigenvalue weighted by molar-refractivity contribution is 0.523. The van der Waals surface area contributed by atoms with Gasteiger partial charge in [0.15, 0.2) is 0 Å². The lowest BCUT2D eigenvalue weighted by Gasteiger charge is -2.12. The molecule has 0 spiro atoms. The maximum atomic E-state index is 5.61. The molecule has 0 amide bonds. The normalized spacial score (nSPS) is 12.3. The summed E-state index contributed by atoms with van der Waals surface area (Å²) in [5.74, 6) is 0. The minimum Gasteiger partial charge on any atom is -0.251 e. The molecule has 0 heterocycles. The van der Waals surface area contributed by atoms with Gasteiger partial charge in [-0.1, -0.05) is 233 Å². The van der Waals surface area contributed by atoms with Gasteiger partial charge in [0, 0.05) is 0 Å². The van der Waals surface area contributed by atoms with Crippen molar-refractivity contribution in [2.45, 2.75) is 292 Å². The minimum absolute atomic E-state index is 0.982. The highest BCUT2D eigenvalue weighted by molar-refractivity contribution is 6.47. The highest BCUT2D eigenvalue weighted by Gasteiger charge is 2.12. The van der Waals surface area contributed by atoms with Crippen LogP contribution in [-0.4, -0.2) is 11.4 Å². The molecule has 0 aliphatic rings. The number of rotatable bonds is 43. The van der Waals surface area contributed by atoms with E-state index in [1.54, 1.807) is 0 Å². The second kappa shape index (κ2) is 41.0. The molecule has 358 valence electrons. The van der Waals surface area contributed by atoms with Crippen molar-refractivity contribution in [1.29, 1.82) is 0 Å². The number of hydrogen-bond donors (Lipinski definition) is 0. The average Bonchev–Trinajstić information content (AvgIpc) is 3.29. The molecule has 0 unspecified atom stereocenters. The molecule has 0 aliphatic heterocycles. The Hall–Kier alpha value is -2.48. The van der Waals surface area contributed by atoms with Crippen LogP contribution in [0.3, 0.4) is 0 Å². The van der Waals surface area contributed by atoms with Gasteiger partial charge in [-0.05, 0) is 130 Å². The van der Waals surface area contributed by atoms with Crippen molar-refractivity contribution >= 4 is 22.8 Å². The molecule has 0 bridgehead atoms. The van der Waals surface area contributed by atoms with Crippen molar-refractivity contribution in [3.63, 3.8) is 0 Å². The van der Waals surface area contributed by atoms with E-state index in [0.717, 1.165) is 55.6 Å². The predicted molar refractivity (Wildman–Crippen MR) is 287 cm³/mol. The topological polar surface area (TPSA) is 24.7 Å². The number of aryl methyl sites for hydroxylation is 4. The molecule has 63 heavy (non-hydrogen) atoms. The van der Waals surface area contributed by atoms with Crippen molar-refractivity contribution in [2.24, 2.45) is 9.98 Å². The zero-order valence-corrected chi connectivity index (χ0v) is 43.1. The van der Waals surface area contributed by atoms with E-state index in [-0.39, 0.29) is 0 Å². The Balaban J connectivity index is 2.17. The van der Waals surface area contributed by atoms with E-state index in [0.29, 0.717) is 0 Å². The highest BCUT2D eigenvalue weighted by Crippen LogP contribution is 2.26. The fourth-order valence-electron chi connectivity index (χ4n) is 9.06. The molecule has 2 aromatic carbocycles. The van der Waals surface area contributed by atoms with Crippen molar-refractivity contribution < 1.29 is 0 Å². The van der Waals surface area contributed by atoms with Crippen molar-refractivity contribution in [3.8, 4) is 0 Å². The molecule has 0 radical (unpaired) electrons. The molecule has 2 rings (SSSR count). The van der Waals surface area contributed by atoms with E-state index in [1.165, 1.54) is 240 Å². The van der Waals surface area contributed by atoms with Gasteiger partial charge >= 0.3 is 0 Å². The van der Waals surface area contributed by atoms with Gasteiger partial charge in [-0.15, -0.1) is 0 Å². The van der Waals surface area contributed by atoms with E-state index in [9.17, 15) is 0 Å². The number of unbranched alkanes of at least 4 members (excludes halogenated alkanes) is 28. The predicted octanol–water partition coefficient (Wildman–Crippen LogP) is 21.0. The van der Waals surface area contributed by atoms with E-state index in [1.807, 2.05) is 0 Å². The Bertz CT molecular complexity index is 1390. The number of nitrogens with zero attached hydrogens (tertiary/aromatic N) is 2. The van der Waals surface area contributed by atoms with Crippen molar-refractivity contribution in [3.05, 3.63) is 70.8 Å². The summed E-state index contributed by atoms with van der Waals surface area (Å²) in [6, 6.07) is 14.5. The third-order valence-corrected chi connectivity index (χ3v) is 13.2. The van der Waals surface area contributed by atoms with Gasteiger partial charge in [-0.25, -0.2) is 4.99 Å². The Kier molecular flexibility index (Phi) is 36.9. The van der Waals surface area contributed by atoms with Gasteiger partial charge in [0.1, 0.15) is 0 Å². The number of benzene rings is 2. The standard InChI is InChI=1S/C61H104N2/c1-7-13-19-21-23-24-25-26-27-28-29-30-31-32-33-34-35-36-37-39-41-47-61(63-59-52-56(44-17-11-5)49-57(53-59)45-18-12-6)60(46-40-38-22-20-14-8-2)62-58-50-54(42-15-9-3)48-55(51-58)43-16-10-4/h41,47-53H,7-40,42-46H2,1-6H3/b47-41+,62-60?,63-61?. The lowest BCUT2D eigenvalue weighted by Crippen LogP contribution is -2.12. The first-order valence-electron chi connectivity index (χ1n) is 28.1. The monoisotopic (exact) mass is 865 g/mol. The Morgan fingerprint density at radius 3 is 0.984 bits per heavy atom. The summed E-state index contributed by atoms with van der Waals surface area (Å²) in [7, 11) is 0. The van der Waals surface area contributed by atoms with E-state index >= 15 is 0 Å². The molecule has 0 aromatic heterocycles. The first-order valence-corrected chi connectivity index (χ1v) is 28.1. The van der Waals surface area contributed by atoms with Crippen LogP contribution < -0.4 is 0 Å². The average molecular weight is 866 g/mol. The maximum absolute atomic E-state index is 5.61. The zero-order chi connectivity index (χ0) is 45.3. The summed E-state index contributed by atoms with van der Waals surface area (Å²) in [5.41, 5.74) is 10.3. The van der Waals surface area contributed by atoms with Gasteiger partial charge in [0.2, 0.25) is 0 Å². The highest BCUT2D eigenvalue weighted by atomic mass is 14.8. The Labute approximate surface area is 393 Å². The van der Waals surface area contributed by atoms with Crippen LogP contribution in [0.4, 0.5) is 11.4 Å². The molecule has 2 nitrogen and oxygen atoms in total. The van der Waals surface area contributed by atoms with Crippen LogP contribution in [0, 0.1) is 0 Å². The second-order valence-electron chi connectivity index (χ2n) is 19.6. The van der Waals surface area contributed by atoms with Crippen molar-refractivity contribution in [2.75, 3.05) is 0 Å². The summed E-state index contributed by atoms with van der Waals surface area (Å²) < 4.78 is 0. The molecule has 0 fully saturated rings. The third-order valence-electron chi connectivity index (χ3n) is 13.2. The summed E-state index contributed by atoms with van der Waals surface area (Å²) >= 11 is 0. The fourth-order valence-corrected chi connectivity index (χ4v) is 9.06. The molecular weight excluding hydrogens is 761 g/mol. The molecule has 0 saturated heterocycles. The van der Waals surface area contributed by atoms with Crippen LogP contribution in [-0.2, 0) is 25.7 Å². The third kappa shape index (κ3) is 30.4. The largest absolute Gasteiger partial charge is 0.251 e. The van der Waals surface area contributed by atoms with Gasteiger partial charge in [-0.3, -0.25) is 4.99 Å². The quantitative estimate of drug-likeness (QED) is 0.0469. The van der Waals surface area contributed by atoms with Crippen molar-refractivity contribution in [1.82, 2.24) is 0 Å². The molecular formula is C61H104N2. The smallest absolute Gasteiger partial charge is 0.0848 e. The van der Waals surface area contributed by atoms with Gasteiger partial charge in [0.25, 0.3) is 0 Å². The molecule has 2 heteroatoms. The molecule has 0 N–H and O–H groups in total. The van der Waals surface area contributed by atoms with Gasteiger partial charge in [-0.2, -0.15) is 0 Å². The van der Waals surface area contributed by atoms with Crippen LogP contribution in [0.15, 0.2) is 58.5 Å². The van der Waals surface area contributed by atoms with Gasteiger partial charge < -0.3 is 0 Å². The van der Waals surface area contributed by atoms with Gasteiger partial charge in [0.05, 0.1) is 22.8 Å². The lowest BCUT2D eigenvalue weighted by atomic mass is 10.00. The second-order valence-corrected chi connectivity index (χ2v) is 19.6. The fraction of sp³-hybridized carbons (Fsp3) is 0.738. The minimum atomic E-state index is 0.982. The first-order chi connectivity index (χ1) is 31.1. The summed E-state index contributed by atoms with van der Waals surface area (Å²) in [4.78, 5) is 11.2. The van der Waals surface area contributed by atoms with E-state index in [2.05, 4.69) is 90.1 Å². The summed E-state index contributed by atoms with van der Waals surface area (Å²) in [6.07, 6.45) is 56.0. The Morgan fingerprint density at radius 1 is 0.333 bits per heavy atom. The first kappa shape index (κ1) is 56.6. The summed E-state index contributed by atoms with van der Waals surface area (Å²) in [5, 5.41) is 0. The molecule has 0 atom stereocenters. The van der Waals surface area contributed by atoms with Crippen LogP contribution in [0.25, 0.3) is 0 Å². The van der Waals surface area contributed by atoms with Crippen LogP contribution >= 0.6 is 0 Å². The molecule has 0 saturated carbocycles. The van der Waals surface area contributed by atoms with E-state index < -0.39 is 0 Å². The number of allylic oxidation sites excluding steroid dienone is 2. The van der Waals surface area contributed by atoms with E-state index in [4.69, 9.17) is 9.98 Å². The number of hydrogen-bond acceptors (Lipinski definition) is 2. The van der Waals surface area contributed by atoms with Crippen LogP contribution in [0.2, 0.25) is 0 Å². The molecule has 0 aliphatic carbocycles. The zero-order valence-electron chi connectivity index (χ0n) is 43.1. The maximum Gasteiger partial charge on any atom is 0.0848 e.